The summed E-state index contributed by atoms with van der Waals surface area (Å²) in [5.74, 6) is 1.34. The minimum absolute atomic E-state index is 0.0256. The number of aryl methyl sites for hydroxylation is 2. The predicted molar refractivity (Wildman–Crippen MR) is 97.2 cm³/mol. The molecule has 134 valence electrons. The third kappa shape index (κ3) is 4.69. The molecule has 2 aromatic rings. The summed E-state index contributed by atoms with van der Waals surface area (Å²) in [5, 5.41) is 13.0. The summed E-state index contributed by atoms with van der Waals surface area (Å²) in [6, 6.07) is 7.62. The van der Waals surface area contributed by atoms with E-state index in [1.165, 1.54) is 0 Å². The van der Waals surface area contributed by atoms with Crippen LogP contribution in [0, 0.1) is 5.92 Å². The van der Waals surface area contributed by atoms with Gasteiger partial charge in [-0.2, -0.15) is 0 Å². The number of amides is 1. The van der Waals surface area contributed by atoms with Gasteiger partial charge >= 0.3 is 0 Å². The molecule has 25 heavy (non-hydrogen) atoms. The maximum absolute atomic E-state index is 12.6. The Kier molecular flexibility index (Phi) is 4.95. The van der Waals surface area contributed by atoms with Crippen LogP contribution in [0.25, 0.3) is 0 Å². The van der Waals surface area contributed by atoms with Gasteiger partial charge in [-0.3, -0.25) is 4.79 Å². The van der Waals surface area contributed by atoms with E-state index in [0.717, 1.165) is 30.7 Å². The van der Waals surface area contributed by atoms with Crippen molar-refractivity contribution in [3.8, 4) is 0 Å². The van der Waals surface area contributed by atoms with E-state index in [9.17, 15) is 9.90 Å². The van der Waals surface area contributed by atoms with Gasteiger partial charge in [0, 0.05) is 25.0 Å². The maximum Gasteiger partial charge on any atom is 0.251 e. The fourth-order valence-electron chi connectivity index (χ4n) is 3.00. The van der Waals surface area contributed by atoms with E-state index < -0.39 is 5.60 Å². The number of aliphatic hydroxyl groups is 1. The number of carbonyl (C=O) groups excluding carboxylic acids is 1. The summed E-state index contributed by atoms with van der Waals surface area (Å²) in [5.41, 5.74) is 1.11. The van der Waals surface area contributed by atoms with Crippen molar-refractivity contribution >= 4 is 5.91 Å². The van der Waals surface area contributed by atoms with E-state index in [1.807, 2.05) is 55.9 Å². The number of hydrogen-bond acceptors (Lipinski definition) is 3. The van der Waals surface area contributed by atoms with E-state index in [0.29, 0.717) is 17.9 Å². The topological polar surface area (TPSA) is 67.2 Å². The maximum atomic E-state index is 12.6. The van der Waals surface area contributed by atoms with Crippen LogP contribution in [0.5, 0.6) is 0 Å². The molecular formula is C20H27N3O2. The molecule has 1 unspecified atom stereocenters. The van der Waals surface area contributed by atoms with Crippen LogP contribution in [0.1, 0.15) is 60.9 Å². The molecule has 1 atom stereocenters. The molecule has 1 aliphatic rings. The van der Waals surface area contributed by atoms with Crippen molar-refractivity contribution in [3.05, 3.63) is 53.6 Å². The van der Waals surface area contributed by atoms with Crippen molar-refractivity contribution < 1.29 is 9.90 Å². The minimum Gasteiger partial charge on any atom is -0.390 e. The van der Waals surface area contributed by atoms with Crippen molar-refractivity contribution in [2.75, 3.05) is 0 Å². The quantitative estimate of drug-likeness (QED) is 0.813. The molecule has 1 aromatic carbocycles. The molecule has 1 aliphatic carbocycles. The van der Waals surface area contributed by atoms with Gasteiger partial charge in [0.1, 0.15) is 5.82 Å². The molecule has 1 amide bonds. The Labute approximate surface area is 149 Å². The van der Waals surface area contributed by atoms with Gasteiger partial charge in [-0.05, 0) is 63.1 Å². The second-order valence-electron chi connectivity index (χ2n) is 7.69. The second-order valence-corrected chi connectivity index (χ2v) is 7.69. The third-order valence-corrected chi connectivity index (χ3v) is 4.76. The molecule has 3 rings (SSSR count). The van der Waals surface area contributed by atoms with Crippen LogP contribution in [0.15, 0.2) is 36.7 Å². The van der Waals surface area contributed by atoms with Gasteiger partial charge in [0.2, 0.25) is 0 Å². The highest BCUT2D eigenvalue weighted by Crippen LogP contribution is 2.40. The average molecular weight is 341 g/mol. The van der Waals surface area contributed by atoms with Crippen LogP contribution in [0.3, 0.4) is 0 Å². The molecule has 1 saturated carbocycles. The lowest BCUT2D eigenvalue weighted by atomic mass is 9.98. The number of nitrogens with one attached hydrogen (secondary N) is 1. The van der Waals surface area contributed by atoms with E-state index >= 15 is 0 Å². The van der Waals surface area contributed by atoms with Gasteiger partial charge in [0.15, 0.2) is 0 Å². The van der Waals surface area contributed by atoms with Gasteiger partial charge < -0.3 is 15.0 Å². The lowest BCUT2D eigenvalue weighted by Gasteiger charge is -2.18. The predicted octanol–water partition coefficient (Wildman–Crippen LogP) is 3.00. The summed E-state index contributed by atoms with van der Waals surface area (Å²) in [6.45, 7) is 3.62. The van der Waals surface area contributed by atoms with Crippen LogP contribution < -0.4 is 5.32 Å². The van der Waals surface area contributed by atoms with E-state index in [4.69, 9.17) is 0 Å². The lowest BCUT2D eigenvalue weighted by molar-refractivity contribution is 0.0713. The monoisotopic (exact) mass is 341 g/mol. The highest BCUT2D eigenvalue weighted by atomic mass is 16.3. The Morgan fingerprint density at radius 2 is 2.04 bits per heavy atom. The number of aromatic nitrogens is 2. The average Bonchev–Trinajstić information content (AvgIpc) is 3.32. The van der Waals surface area contributed by atoms with Gasteiger partial charge in [-0.15, -0.1) is 0 Å². The van der Waals surface area contributed by atoms with E-state index in [1.54, 1.807) is 6.20 Å². The molecule has 0 radical (unpaired) electrons. The van der Waals surface area contributed by atoms with Gasteiger partial charge in [-0.25, -0.2) is 4.98 Å². The Morgan fingerprint density at radius 1 is 1.36 bits per heavy atom. The molecule has 5 nitrogen and oxygen atoms in total. The van der Waals surface area contributed by atoms with Crippen LogP contribution >= 0.6 is 0 Å². The molecule has 1 aromatic heterocycles. The fraction of sp³-hybridized carbons (Fsp3) is 0.500. The third-order valence-electron chi connectivity index (χ3n) is 4.76. The van der Waals surface area contributed by atoms with Gasteiger partial charge in [0.25, 0.3) is 5.91 Å². The summed E-state index contributed by atoms with van der Waals surface area (Å²) >= 11 is 0. The zero-order valence-corrected chi connectivity index (χ0v) is 15.2. The van der Waals surface area contributed by atoms with Crippen molar-refractivity contribution in [2.45, 2.75) is 51.2 Å². The number of imidazole rings is 1. The van der Waals surface area contributed by atoms with E-state index in [2.05, 4.69) is 10.3 Å². The normalized spacial score (nSPS) is 15.8. The van der Waals surface area contributed by atoms with Gasteiger partial charge in [-0.1, -0.05) is 12.1 Å². The largest absolute Gasteiger partial charge is 0.390 e. The molecule has 0 spiro atoms. The summed E-state index contributed by atoms with van der Waals surface area (Å²) in [4.78, 5) is 17.0. The Morgan fingerprint density at radius 3 is 2.56 bits per heavy atom. The number of nitrogens with zero attached hydrogens (tertiary/aromatic N) is 2. The first kappa shape index (κ1) is 17.7. The molecule has 5 heteroatoms. The second kappa shape index (κ2) is 7.00. The van der Waals surface area contributed by atoms with Crippen LogP contribution in [0.4, 0.5) is 0 Å². The minimum atomic E-state index is -0.671. The highest BCUT2D eigenvalue weighted by Gasteiger charge is 2.35. The zero-order chi connectivity index (χ0) is 18.0. The molecule has 0 saturated heterocycles. The number of carbonyl (C=O) groups is 1. The molecule has 0 aliphatic heterocycles. The smallest absolute Gasteiger partial charge is 0.251 e. The number of rotatable bonds is 7. The van der Waals surface area contributed by atoms with Crippen molar-refractivity contribution in [3.63, 3.8) is 0 Å². The first-order valence-electron chi connectivity index (χ1n) is 8.93. The standard InChI is InChI=1S/C20H27N3O2/c1-20(2,25)11-10-14-4-6-16(7-5-14)19(24)22-17(15-8-9-15)18-21-12-13-23(18)3/h4-7,12-13,15,17,25H,8-11H2,1-3H3,(H,22,24). The van der Waals surface area contributed by atoms with Crippen molar-refractivity contribution in [2.24, 2.45) is 13.0 Å². The first-order valence-corrected chi connectivity index (χ1v) is 8.93. The zero-order valence-electron chi connectivity index (χ0n) is 15.2. The Bertz CT molecular complexity index is 724. The highest BCUT2D eigenvalue weighted by molar-refractivity contribution is 5.94. The Balaban J connectivity index is 1.65. The molecule has 2 N–H and O–H groups in total. The fourth-order valence-corrected chi connectivity index (χ4v) is 3.00. The molecule has 1 fully saturated rings. The summed E-state index contributed by atoms with van der Waals surface area (Å²) in [6.07, 6.45) is 7.44. The van der Waals surface area contributed by atoms with E-state index in [-0.39, 0.29) is 11.9 Å². The van der Waals surface area contributed by atoms with Crippen molar-refractivity contribution in [1.29, 1.82) is 0 Å². The number of hydrogen-bond donors (Lipinski definition) is 2. The first-order chi connectivity index (χ1) is 11.8. The molecule has 0 bridgehead atoms. The lowest BCUT2D eigenvalue weighted by Crippen LogP contribution is -2.31. The van der Waals surface area contributed by atoms with Crippen molar-refractivity contribution in [1.82, 2.24) is 14.9 Å². The van der Waals surface area contributed by atoms with Crippen LogP contribution in [-0.2, 0) is 13.5 Å². The summed E-state index contributed by atoms with van der Waals surface area (Å²) < 4.78 is 1.98. The molecule has 1 heterocycles. The van der Waals surface area contributed by atoms with Crippen LogP contribution in [-0.4, -0.2) is 26.2 Å². The molecular weight excluding hydrogens is 314 g/mol. The SMILES string of the molecule is Cn1ccnc1C(NC(=O)c1ccc(CCC(C)(C)O)cc1)C1CC1. The van der Waals surface area contributed by atoms with Crippen LogP contribution in [0.2, 0.25) is 0 Å². The summed E-state index contributed by atoms with van der Waals surface area (Å²) in [7, 11) is 1.96. The Hall–Kier alpha value is -2.14. The van der Waals surface area contributed by atoms with Gasteiger partial charge in [0.05, 0.1) is 11.6 Å². The number of benzene rings is 1.